The summed E-state index contributed by atoms with van der Waals surface area (Å²) in [7, 11) is 3.99. The van der Waals surface area contributed by atoms with E-state index in [9.17, 15) is 4.79 Å². The maximum Gasteiger partial charge on any atom is 0.195 e. The first-order valence-electron chi connectivity index (χ1n) is 10.9. The molecule has 1 fully saturated rings. The molecule has 0 amide bonds. The molecule has 5 nitrogen and oxygen atoms in total. The lowest BCUT2D eigenvalue weighted by molar-refractivity contribution is 0.0986. The van der Waals surface area contributed by atoms with Gasteiger partial charge in [0, 0.05) is 32.5 Å². The van der Waals surface area contributed by atoms with Crippen LogP contribution in [0.1, 0.15) is 62.8 Å². The summed E-state index contributed by atoms with van der Waals surface area (Å²) in [6.45, 7) is 8.11. The van der Waals surface area contributed by atoms with Crippen LogP contribution in [-0.4, -0.2) is 29.8 Å². The minimum atomic E-state index is -0.0774. The second-order valence-corrected chi connectivity index (χ2v) is 10.2. The van der Waals surface area contributed by atoms with Gasteiger partial charge in [-0.3, -0.25) is 4.79 Å². The number of anilines is 1. The number of ketones is 1. The van der Waals surface area contributed by atoms with Crippen LogP contribution in [-0.2, 0) is 0 Å². The van der Waals surface area contributed by atoms with Crippen LogP contribution in [0.15, 0.2) is 43.9 Å². The largest absolute Gasteiger partial charge is 0.445 e. The number of fused-ring (bicyclic) bond motifs is 1. The molecule has 4 rings (SSSR count). The molecule has 1 aliphatic rings. The zero-order valence-corrected chi connectivity index (χ0v) is 23.0. The van der Waals surface area contributed by atoms with Crippen LogP contribution in [0, 0.1) is 18.8 Å². The van der Waals surface area contributed by atoms with E-state index in [2.05, 4.69) is 55.7 Å². The third-order valence-corrected chi connectivity index (χ3v) is 7.13. The fourth-order valence-corrected chi connectivity index (χ4v) is 4.04. The second kappa shape index (κ2) is 12.5. The van der Waals surface area contributed by atoms with Gasteiger partial charge in [-0.2, -0.15) is 0 Å². The number of nitrogens with zero attached hydrogens (tertiary/aromatic N) is 3. The Labute approximate surface area is 208 Å². The van der Waals surface area contributed by atoms with Gasteiger partial charge in [0.15, 0.2) is 16.2 Å². The van der Waals surface area contributed by atoms with Crippen LogP contribution in [0.25, 0.3) is 10.9 Å². The highest BCUT2D eigenvalue weighted by molar-refractivity contribution is 9.13. The number of rotatable bonds is 2. The number of aromatic nitrogens is 2. The fraction of sp³-hybridized carbons (Fsp3) is 0.480. The van der Waals surface area contributed by atoms with Crippen molar-refractivity contribution in [3.63, 3.8) is 0 Å². The van der Waals surface area contributed by atoms with Crippen molar-refractivity contribution in [3.05, 3.63) is 51.1 Å². The molecule has 1 saturated carbocycles. The van der Waals surface area contributed by atoms with E-state index < -0.39 is 0 Å². The maximum atomic E-state index is 10.7. The van der Waals surface area contributed by atoms with Gasteiger partial charge >= 0.3 is 0 Å². The summed E-state index contributed by atoms with van der Waals surface area (Å²) >= 11 is 6.31. The van der Waals surface area contributed by atoms with Crippen molar-refractivity contribution in [2.24, 2.45) is 11.8 Å². The third-order valence-electron chi connectivity index (χ3n) is 5.42. The second-order valence-electron chi connectivity index (χ2n) is 8.66. The van der Waals surface area contributed by atoms with Crippen LogP contribution in [0.3, 0.4) is 0 Å². The van der Waals surface area contributed by atoms with Crippen LogP contribution in [0.4, 0.5) is 5.82 Å². The predicted octanol–water partition coefficient (Wildman–Crippen LogP) is 7.84. The number of benzene rings is 1. The molecule has 0 spiro atoms. The molecule has 0 aliphatic heterocycles. The smallest absolute Gasteiger partial charge is 0.195 e. The average Bonchev–Trinajstić information content (AvgIpc) is 3.09. The summed E-state index contributed by atoms with van der Waals surface area (Å²) < 4.78 is 6.31. The molecule has 0 radical (unpaired) electrons. The Bertz CT molecular complexity index is 996. The molecule has 2 heterocycles. The SMILES string of the molecule is CC(=O)c1cc(Br)c(Br)o1.CC1CCC(C)CC1.Cc1nc(N(C)C)c2ccccc2n1. The van der Waals surface area contributed by atoms with Gasteiger partial charge < -0.3 is 9.32 Å². The van der Waals surface area contributed by atoms with E-state index in [-0.39, 0.29) is 5.78 Å². The summed E-state index contributed by atoms with van der Waals surface area (Å²) in [5, 5.41) is 1.10. The molecule has 1 aliphatic carbocycles. The minimum Gasteiger partial charge on any atom is -0.445 e. The number of hydrogen-bond donors (Lipinski definition) is 0. The Morgan fingerprint density at radius 3 is 2.03 bits per heavy atom. The summed E-state index contributed by atoms with van der Waals surface area (Å²) in [5.74, 6) is 4.11. The summed E-state index contributed by atoms with van der Waals surface area (Å²) in [6, 6.07) is 9.69. The Balaban J connectivity index is 0.000000178. The molecular formula is C25H33Br2N3O2. The highest BCUT2D eigenvalue weighted by Crippen LogP contribution is 2.27. The van der Waals surface area contributed by atoms with Crippen molar-refractivity contribution >= 4 is 54.4 Å². The number of carbonyl (C=O) groups excluding carboxylic acids is 1. The molecule has 0 saturated heterocycles. The molecule has 2 aromatic heterocycles. The summed E-state index contributed by atoms with van der Waals surface area (Å²) in [4.78, 5) is 21.5. The van der Waals surface area contributed by atoms with E-state index in [1.807, 2.05) is 50.2 Å². The number of aryl methyl sites for hydroxylation is 1. The van der Waals surface area contributed by atoms with E-state index >= 15 is 0 Å². The predicted molar refractivity (Wildman–Crippen MR) is 140 cm³/mol. The van der Waals surface area contributed by atoms with E-state index in [0.717, 1.165) is 38.9 Å². The molecule has 3 aromatic rings. The van der Waals surface area contributed by atoms with Crippen LogP contribution in [0.2, 0.25) is 0 Å². The monoisotopic (exact) mass is 565 g/mol. The first-order valence-corrected chi connectivity index (χ1v) is 12.5. The van der Waals surface area contributed by atoms with Crippen molar-refractivity contribution in [1.29, 1.82) is 0 Å². The Morgan fingerprint density at radius 1 is 1.03 bits per heavy atom. The van der Waals surface area contributed by atoms with Gasteiger partial charge in [0.2, 0.25) is 0 Å². The topological polar surface area (TPSA) is 59.2 Å². The number of para-hydroxylation sites is 1. The first kappa shape index (κ1) is 26.5. The normalized spacial score (nSPS) is 17.6. The Hall–Kier alpha value is -1.73. The van der Waals surface area contributed by atoms with E-state index in [4.69, 9.17) is 4.42 Å². The van der Waals surface area contributed by atoms with Gasteiger partial charge in [-0.25, -0.2) is 9.97 Å². The Morgan fingerprint density at radius 2 is 1.59 bits per heavy atom. The molecular weight excluding hydrogens is 534 g/mol. The van der Waals surface area contributed by atoms with Crippen molar-refractivity contribution in [1.82, 2.24) is 9.97 Å². The molecule has 0 N–H and O–H groups in total. The lowest BCUT2D eigenvalue weighted by atomic mass is 9.84. The van der Waals surface area contributed by atoms with Gasteiger partial charge in [-0.1, -0.05) is 51.7 Å². The van der Waals surface area contributed by atoms with Crippen molar-refractivity contribution in [3.8, 4) is 0 Å². The number of halogens is 2. The van der Waals surface area contributed by atoms with Crippen LogP contribution < -0.4 is 4.90 Å². The summed E-state index contributed by atoms with van der Waals surface area (Å²) in [5.41, 5.74) is 1.00. The molecule has 174 valence electrons. The molecule has 0 atom stereocenters. The fourth-order valence-electron chi connectivity index (χ4n) is 3.46. The Kier molecular flexibility index (Phi) is 10.4. The van der Waals surface area contributed by atoms with Crippen LogP contribution in [0.5, 0.6) is 0 Å². The molecule has 0 bridgehead atoms. The number of Topliss-reactive ketones (excluding diaryl/α,β-unsaturated/α-hetero) is 1. The third kappa shape index (κ3) is 8.00. The molecule has 7 heteroatoms. The summed E-state index contributed by atoms with van der Waals surface area (Å²) in [6.07, 6.45) is 5.89. The molecule has 0 unspecified atom stereocenters. The first-order chi connectivity index (χ1) is 15.1. The van der Waals surface area contributed by atoms with Gasteiger partial charge in [0.05, 0.1) is 9.99 Å². The standard InChI is InChI=1S/C11H13N3.C8H16.C6H4Br2O2/c1-8-12-10-7-5-4-6-9(10)11(13-8)14(2)3;1-7-3-5-8(2)6-4-7;1-3(9)5-2-4(7)6(8)10-5/h4-7H,1-3H3;7-8H,3-6H2,1-2H3;2H,1H3. The number of hydrogen-bond acceptors (Lipinski definition) is 5. The molecule has 1 aromatic carbocycles. The minimum absolute atomic E-state index is 0.0774. The number of carbonyl (C=O) groups is 1. The quantitative estimate of drug-likeness (QED) is 0.296. The zero-order valence-electron chi connectivity index (χ0n) is 19.8. The van der Waals surface area contributed by atoms with Crippen molar-refractivity contribution in [2.45, 2.75) is 53.4 Å². The van der Waals surface area contributed by atoms with Crippen LogP contribution >= 0.6 is 31.9 Å². The van der Waals surface area contributed by atoms with Crippen molar-refractivity contribution in [2.75, 3.05) is 19.0 Å². The zero-order chi connectivity index (χ0) is 23.8. The highest BCUT2D eigenvalue weighted by Gasteiger charge is 2.13. The van der Waals surface area contributed by atoms with E-state index in [0.29, 0.717) is 10.4 Å². The lowest BCUT2D eigenvalue weighted by Gasteiger charge is -2.22. The van der Waals surface area contributed by atoms with Crippen molar-refractivity contribution < 1.29 is 9.21 Å². The lowest BCUT2D eigenvalue weighted by Crippen LogP contribution is -2.12. The van der Waals surface area contributed by atoms with Gasteiger partial charge in [0.25, 0.3) is 0 Å². The van der Waals surface area contributed by atoms with Gasteiger partial charge in [0.1, 0.15) is 11.6 Å². The van der Waals surface area contributed by atoms with Gasteiger partial charge in [-0.05, 0) is 62.8 Å². The maximum absolute atomic E-state index is 10.7. The van der Waals surface area contributed by atoms with E-state index in [1.165, 1.54) is 32.6 Å². The highest BCUT2D eigenvalue weighted by atomic mass is 79.9. The van der Waals surface area contributed by atoms with E-state index in [1.54, 1.807) is 6.07 Å². The average molecular weight is 567 g/mol. The molecule has 32 heavy (non-hydrogen) atoms. The number of furan rings is 1. The van der Waals surface area contributed by atoms with Gasteiger partial charge in [-0.15, -0.1) is 0 Å².